The van der Waals surface area contributed by atoms with Crippen LogP contribution in [0.2, 0.25) is 5.02 Å². The molecular formula is C14H11ClF3NO. The van der Waals surface area contributed by atoms with Gasteiger partial charge in [-0.3, -0.25) is 0 Å². The Morgan fingerprint density at radius 2 is 1.75 bits per heavy atom. The molecule has 1 unspecified atom stereocenters. The molecule has 0 aliphatic heterocycles. The van der Waals surface area contributed by atoms with Gasteiger partial charge in [0.05, 0.1) is 11.1 Å². The number of aliphatic hydroxyl groups excluding tert-OH is 1. The summed E-state index contributed by atoms with van der Waals surface area (Å²) < 4.78 is 39.0. The number of hydrogen-bond acceptors (Lipinski definition) is 2. The van der Waals surface area contributed by atoms with E-state index < -0.39 is 23.6 Å². The van der Waals surface area contributed by atoms with Gasteiger partial charge in [0.1, 0.15) is 5.82 Å². The Balaban J connectivity index is 2.02. The molecule has 2 aromatic carbocycles. The Labute approximate surface area is 118 Å². The molecule has 1 atom stereocenters. The monoisotopic (exact) mass is 301 g/mol. The van der Waals surface area contributed by atoms with Gasteiger partial charge in [0.15, 0.2) is 11.6 Å². The van der Waals surface area contributed by atoms with Crippen LogP contribution in [-0.4, -0.2) is 11.7 Å². The van der Waals surface area contributed by atoms with Crippen molar-refractivity contribution in [3.05, 3.63) is 64.4 Å². The first-order valence-electron chi connectivity index (χ1n) is 5.79. The number of anilines is 1. The van der Waals surface area contributed by atoms with Crippen molar-refractivity contribution in [2.45, 2.75) is 6.10 Å². The zero-order valence-corrected chi connectivity index (χ0v) is 11.0. The molecule has 0 saturated heterocycles. The molecule has 2 rings (SSSR count). The van der Waals surface area contributed by atoms with E-state index in [1.165, 1.54) is 18.2 Å². The Bertz CT molecular complexity index is 621. The molecule has 0 radical (unpaired) electrons. The van der Waals surface area contributed by atoms with Gasteiger partial charge in [0, 0.05) is 12.2 Å². The zero-order chi connectivity index (χ0) is 14.7. The van der Waals surface area contributed by atoms with Crippen molar-refractivity contribution >= 4 is 17.3 Å². The van der Waals surface area contributed by atoms with Crippen molar-refractivity contribution in [1.29, 1.82) is 0 Å². The van der Waals surface area contributed by atoms with Crippen LogP contribution in [0.4, 0.5) is 18.9 Å². The molecule has 0 aromatic heterocycles. The van der Waals surface area contributed by atoms with Crippen LogP contribution in [-0.2, 0) is 0 Å². The maximum atomic E-state index is 13.2. The lowest BCUT2D eigenvalue weighted by Gasteiger charge is -2.13. The van der Waals surface area contributed by atoms with Gasteiger partial charge in [0.2, 0.25) is 0 Å². The van der Waals surface area contributed by atoms with E-state index in [0.29, 0.717) is 5.69 Å². The number of hydrogen-bond donors (Lipinski definition) is 2. The summed E-state index contributed by atoms with van der Waals surface area (Å²) in [6, 6.07) is 7.25. The molecule has 2 nitrogen and oxygen atoms in total. The van der Waals surface area contributed by atoms with Gasteiger partial charge in [-0.25, -0.2) is 13.2 Å². The molecule has 0 aliphatic rings. The maximum Gasteiger partial charge on any atom is 0.159 e. The molecular weight excluding hydrogens is 291 g/mol. The molecule has 106 valence electrons. The van der Waals surface area contributed by atoms with Gasteiger partial charge in [-0.2, -0.15) is 0 Å². The minimum atomic E-state index is -1.05. The number of nitrogens with one attached hydrogen (secondary N) is 1. The topological polar surface area (TPSA) is 32.3 Å². The van der Waals surface area contributed by atoms with E-state index >= 15 is 0 Å². The number of aliphatic hydroxyl groups is 1. The van der Waals surface area contributed by atoms with E-state index in [9.17, 15) is 18.3 Å². The quantitative estimate of drug-likeness (QED) is 0.897. The molecule has 0 spiro atoms. The molecule has 0 amide bonds. The Morgan fingerprint density at radius 1 is 1.00 bits per heavy atom. The second-order valence-electron chi connectivity index (χ2n) is 4.20. The first-order chi connectivity index (χ1) is 9.47. The van der Waals surface area contributed by atoms with Crippen LogP contribution >= 0.6 is 11.6 Å². The lowest BCUT2D eigenvalue weighted by molar-refractivity contribution is 0.191. The van der Waals surface area contributed by atoms with Crippen molar-refractivity contribution in [3.63, 3.8) is 0 Å². The molecule has 2 N–H and O–H groups in total. The predicted octanol–water partition coefficient (Wildman–Crippen LogP) is 3.90. The minimum Gasteiger partial charge on any atom is -0.387 e. The van der Waals surface area contributed by atoms with Crippen molar-refractivity contribution in [3.8, 4) is 0 Å². The highest BCUT2D eigenvalue weighted by atomic mass is 35.5. The molecule has 6 heteroatoms. The van der Waals surface area contributed by atoms with Gasteiger partial charge in [-0.1, -0.05) is 17.7 Å². The SMILES string of the molecule is OC(CNc1ccc(Cl)c(F)c1)c1ccc(F)c(F)c1. The van der Waals surface area contributed by atoms with Crippen LogP contribution in [0.15, 0.2) is 36.4 Å². The summed E-state index contributed by atoms with van der Waals surface area (Å²) >= 11 is 5.54. The first kappa shape index (κ1) is 14.7. The summed E-state index contributed by atoms with van der Waals surface area (Å²) in [4.78, 5) is 0. The third-order valence-electron chi connectivity index (χ3n) is 2.75. The summed E-state index contributed by atoms with van der Waals surface area (Å²) in [5.41, 5.74) is 0.652. The molecule has 0 heterocycles. The number of rotatable bonds is 4. The standard InChI is InChI=1S/C14H11ClF3NO/c15-10-3-2-9(6-12(10)17)19-7-14(20)8-1-4-11(16)13(18)5-8/h1-6,14,19-20H,7H2. The highest BCUT2D eigenvalue weighted by molar-refractivity contribution is 6.30. The van der Waals surface area contributed by atoms with Crippen LogP contribution in [0.25, 0.3) is 0 Å². The van der Waals surface area contributed by atoms with Gasteiger partial charge < -0.3 is 10.4 Å². The van der Waals surface area contributed by atoms with Crippen molar-refractivity contribution in [2.75, 3.05) is 11.9 Å². The van der Waals surface area contributed by atoms with Gasteiger partial charge in [-0.05, 0) is 35.9 Å². The average molecular weight is 302 g/mol. The second-order valence-corrected chi connectivity index (χ2v) is 4.61. The smallest absolute Gasteiger partial charge is 0.159 e. The molecule has 20 heavy (non-hydrogen) atoms. The first-order valence-corrected chi connectivity index (χ1v) is 6.17. The van der Waals surface area contributed by atoms with E-state index in [1.807, 2.05) is 0 Å². The second kappa shape index (κ2) is 6.15. The van der Waals surface area contributed by atoms with Crippen LogP contribution in [0.1, 0.15) is 11.7 Å². The largest absolute Gasteiger partial charge is 0.387 e. The van der Waals surface area contributed by atoms with E-state index in [-0.39, 0.29) is 17.1 Å². The Kier molecular flexibility index (Phi) is 4.52. The lowest BCUT2D eigenvalue weighted by atomic mass is 10.1. The third-order valence-corrected chi connectivity index (χ3v) is 3.05. The highest BCUT2D eigenvalue weighted by Crippen LogP contribution is 2.20. The minimum absolute atomic E-state index is 0.00305. The maximum absolute atomic E-state index is 13.2. The summed E-state index contributed by atoms with van der Waals surface area (Å²) in [6.45, 7) is 0.0200. The predicted molar refractivity (Wildman–Crippen MR) is 71.2 cm³/mol. The van der Waals surface area contributed by atoms with Crippen LogP contribution in [0.5, 0.6) is 0 Å². The summed E-state index contributed by atoms with van der Waals surface area (Å²) in [6.07, 6.45) is -1.05. The van der Waals surface area contributed by atoms with Crippen molar-refractivity contribution < 1.29 is 18.3 Å². The normalized spacial score (nSPS) is 12.2. The molecule has 2 aromatic rings. The van der Waals surface area contributed by atoms with Gasteiger partial charge in [0.25, 0.3) is 0 Å². The average Bonchev–Trinajstić information content (AvgIpc) is 2.43. The highest BCUT2D eigenvalue weighted by Gasteiger charge is 2.11. The third kappa shape index (κ3) is 3.43. The van der Waals surface area contributed by atoms with Crippen LogP contribution < -0.4 is 5.32 Å². The molecule has 0 bridgehead atoms. The number of benzene rings is 2. The van der Waals surface area contributed by atoms with E-state index in [0.717, 1.165) is 12.1 Å². The molecule has 0 saturated carbocycles. The van der Waals surface area contributed by atoms with Crippen molar-refractivity contribution in [2.24, 2.45) is 0 Å². The van der Waals surface area contributed by atoms with Gasteiger partial charge in [-0.15, -0.1) is 0 Å². The summed E-state index contributed by atoms with van der Waals surface area (Å²) in [7, 11) is 0. The van der Waals surface area contributed by atoms with Gasteiger partial charge >= 0.3 is 0 Å². The molecule has 0 aliphatic carbocycles. The number of halogens is 4. The fourth-order valence-corrected chi connectivity index (χ4v) is 1.78. The summed E-state index contributed by atoms with van der Waals surface area (Å²) in [5, 5.41) is 12.6. The van der Waals surface area contributed by atoms with Crippen molar-refractivity contribution in [1.82, 2.24) is 0 Å². The fraction of sp³-hybridized carbons (Fsp3) is 0.143. The van der Waals surface area contributed by atoms with Crippen LogP contribution in [0, 0.1) is 17.5 Å². The summed E-state index contributed by atoms with van der Waals surface area (Å²) in [5.74, 6) is -2.59. The fourth-order valence-electron chi connectivity index (χ4n) is 1.66. The van der Waals surface area contributed by atoms with E-state index in [4.69, 9.17) is 11.6 Å². The lowest BCUT2D eigenvalue weighted by Crippen LogP contribution is -2.12. The van der Waals surface area contributed by atoms with E-state index in [2.05, 4.69) is 5.32 Å². The Hall–Kier alpha value is -1.72. The zero-order valence-electron chi connectivity index (χ0n) is 10.2. The molecule has 0 fully saturated rings. The van der Waals surface area contributed by atoms with E-state index in [1.54, 1.807) is 6.07 Å². The Morgan fingerprint density at radius 3 is 2.40 bits per heavy atom. The van der Waals surface area contributed by atoms with Crippen LogP contribution in [0.3, 0.4) is 0 Å².